The van der Waals surface area contributed by atoms with E-state index in [0.717, 1.165) is 31.5 Å². The Bertz CT molecular complexity index is 952. The van der Waals surface area contributed by atoms with Crippen LogP contribution in [0, 0.1) is 0 Å². The summed E-state index contributed by atoms with van der Waals surface area (Å²) in [5.41, 5.74) is 1.48. The van der Waals surface area contributed by atoms with Gasteiger partial charge in [-0.05, 0) is 37.0 Å². The summed E-state index contributed by atoms with van der Waals surface area (Å²) in [7, 11) is 0. The van der Waals surface area contributed by atoms with E-state index in [9.17, 15) is 14.4 Å². The van der Waals surface area contributed by atoms with Crippen molar-refractivity contribution in [3.05, 3.63) is 71.8 Å². The number of piperidine rings is 1. The highest BCUT2D eigenvalue weighted by atomic mass is 16.2. The predicted molar refractivity (Wildman–Crippen MR) is 131 cm³/mol. The van der Waals surface area contributed by atoms with E-state index in [2.05, 4.69) is 10.2 Å². The molecule has 2 saturated heterocycles. The largest absolute Gasteiger partial charge is 0.345 e. The number of likely N-dealkylation sites (tertiary alicyclic amines) is 1. The molecule has 7 nitrogen and oxygen atoms in total. The molecule has 3 amide bonds. The second kappa shape index (κ2) is 11.8. The van der Waals surface area contributed by atoms with Crippen molar-refractivity contribution in [2.45, 2.75) is 31.7 Å². The van der Waals surface area contributed by atoms with Gasteiger partial charge in [-0.3, -0.25) is 19.3 Å². The summed E-state index contributed by atoms with van der Waals surface area (Å²) >= 11 is 0. The second-order valence-corrected chi connectivity index (χ2v) is 9.11. The van der Waals surface area contributed by atoms with Gasteiger partial charge in [0.15, 0.2) is 0 Å². The van der Waals surface area contributed by atoms with E-state index in [-0.39, 0.29) is 24.1 Å². The molecule has 1 atom stereocenters. The highest BCUT2D eigenvalue weighted by molar-refractivity contribution is 5.94. The average molecular weight is 463 g/mol. The number of carbonyl (C=O) groups is 3. The van der Waals surface area contributed by atoms with E-state index in [1.54, 1.807) is 12.1 Å². The van der Waals surface area contributed by atoms with Crippen LogP contribution in [0.15, 0.2) is 60.7 Å². The molecular weight excluding hydrogens is 428 g/mol. The molecular formula is C27H34N4O3. The van der Waals surface area contributed by atoms with Crippen molar-refractivity contribution >= 4 is 17.7 Å². The molecule has 0 radical (unpaired) electrons. The van der Waals surface area contributed by atoms with Gasteiger partial charge < -0.3 is 15.1 Å². The summed E-state index contributed by atoms with van der Waals surface area (Å²) in [6.45, 7) is 4.75. The standard InChI is InChI=1S/C27H34N4O3/c32-25(31-18-16-29(17-19-31)21-26(33)30-14-8-3-9-15-30)20-24(22-10-4-1-5-11-22)28-27(34)23-12-6-2-7-13-23/h1-2,4-7,10-13,24H,3,8-9,14-21H2,(H,28,34). The molecule has 2 aliphatic rings. The first-order valence-corrected chi connectivity index (χ1v) is 12.3. The number of piperazine rings is 1. The van der Waals surface area contributed by atoms with Crippen molar-refractivity contribution in [2.24, 2.45) is 0 Å². The van der Waals surface area contributed by atoms with Gasteiger partial charge in [0.2, 0.25) is 11.8 Å². The minimum absolute atomic E-state index is 0.0178. The molecule has 1 N–H and O–H groups in total. The lowest BCUT2D eigenvalue weighted by Gasteiger charge is -2.36. The molecule has 2 fully saturated rings. The van der Waals surface area contributed by atoms with E-state index >= 15 is 0 Å². The Hall–Kier alpha value is -3.19. The van der Waals surface area contributed by atoms with Gasteiger partial charge in [-0.15, -0.1) is 0 Å². The first-order chi connectivity index (χ1) is 16.6. The number of hydrogen-bond donors (Lipinski definition) is 1. The highest BCUT2D eigenvalue weighted by Crippen LogP contribution is 2.20. The van der Waals surface area contributed by atoms with E-state index in [4.69, 9.17) is 0 Å². The molecule has 180 valence electrons. The van der Waals surface area contributed by atoms with Gasteiger partial charge in [0, 0.05) is 44.8 Å². The zero-order valence-electron chi connectivity index (χ0n) is 19.7. The van der Waals surface area contributed by atoms with Crippen LogP contribution in [0.3, 0.4) is 0 Å². The smallest absolute Gasteiger partial charge is 0.251 e. The lowest BCUT2D eigenvalue weighted by atomic mass is 10.0. The van der Waals surface area contributed by atoms with Crippen LogP contribution in [0.4, 0.5) is 0 Å². The molecule has 34 heavy (non-hydrogen) atoms. The molecule has 0 bridgehead atoms. The number of nitrogens with zero attached hydrogens (tertiary/aromatic N) is 3. The van der Waals surface area contributed by atoms with Crippen molar-refractivity contribution in [3.63, 3.8) is 0 Å². The molecule has 0 aliphatic carbocycles. The van der Waals surface area contributed by atoms with E-state index in [1.165, 1.54) is 6.42 Å². The van der Waals surface area contributed by atoms with E-state index < -0.39 is 6.04 Å². The van der Waals surface area contributed by atoms with Crippen LogP contribution in [-0.2, 0) is 9.59 Å². The molecule has 0 spiro atoms. The number of nitrogens with one attached hydrogen (secondary N) is 1. The van der Waals surface area contributed by atoms with Gasteiger partial charge in [-0.1, -0.05) is 48.5 Å². The van der Waals surface area contributed by atoms with Crippen LogP contribution >= 0.6 is 0 Å². The van der Waals surface area contributed by atoms with Crippen LogP contribution in [0.2, 0.25) is 0 Å². The highest BCUT2D eigenvalue weighted by Gasteiger charge is 2.27. The van der Waals surface area contributed by atoms with Crippen molar-refractivity contribution in [2.75, 3.05) is 45.8 Å². The number of amides is 3. The van der Waals surface area contributed by atoms with E-state index in [0.29, 0.717) is 38.3 Å². The monoisotopic (exact) mass is 462 g/mol. The third kappa shape index (κ3) is 6.44. The molecule has 4 rings (SSSR count). The fourth-order valence-corrected chi connectivity index (χ4v) is 4.66. The van der Waals surface area contributed by atoms with Crippen LogP contribution in [0.5, 0.6) is 0 Å². The summed E-state index contributed by atoms with van der Waals surface area (Å²) < 4.78 is 0. The van der Waals surface area contributed by atoms with Crippen molar-refractivity contribution < 1.29 is 14.4 Å². The van der Waals surface area contributed by atoms with Crippen molar-refractivity contribution in [3.8, 4) is 0 Å². The maximum absolute atomic E-state index is 13.2. The van der Waals surface area contributed by atoms with Crippen molar-refractivity contribution in [1.29, 1.82) is 0 Å². The Labute approximate surface area is 201 Å². The predicted octanol–water partition coefficient (Wildman–Crippen LogP) is 2.70. The van der Waals surface area contributed by atoms with E-state index in [1.807, 2.05) is 58.3 Å². The summed E-state index contributed by atoms with van der Waals surface area (Å²) in [5.74, 6) is 0.0276. The molecule has 2 heterocycles. The maximum Gasteiger partial charge on any atom is 0.251 e. The molecule has 7 heteroatoms. The van der Waals surface area contributed by atoms with Gasteiger partial charge in [0.1, 0.15) is 0 Å². The van der Waals surface area contributed by atoms with Gasteiger partial charge in [-0.25, -0.2) is 0 Å². The Morgan fingerprint density at radius 1 is 0.706 bits per heavy atom. The third-order valence-electron chi connectivity index (χ3n) is 6.71. The molecule has 2 aromatic rings. The summed E-state index contributed by atoms with van der Waals surface area (Å²) in [5, 5.41) is 3.04. The Morgan fingerprint density at radius 2 is 1.29 bits per heavy atom. The maximum atomic E-state index is 13.2. The molecule has 1 unspecified atom stereocenters. The van der Waals surface area contributed by atoms with Gasteiger partial charge in [-0.2, -0.15) is 0 Å². The Kier molecular flexibility index (Phi) is 8.31. The first-order valence-electron chi connectivity index (χ1n) is 12.3. The zero-order valence-corrected chi connectivity index (χ0v) is 19.7. The number of hydrogen-bond acceptors (Lipinski definition) is 4. The minimum Gasteiger partial charge on any atom is -0.345 e. The SMILES string of the molecule is O=C(NC(CC(=O)N1CCN(CC(=O)N2CCCCC2)CC1)c1ccccc1)c1ccccc1. The van der Waals surface area contributed by atoms with Gasteiger partial charge >= 0.3 is 0 Å². The first kappa shape index (κ1) is 24.0. The molecule has 2 aromatic carbocycles. The number of benzene rings is 2. The lowest BCUT2D eigenvalue weighted by molar-refractivity contribution is -0.135. The number of rotatable bonds is 7. The minimum atomic E-state index is -0.403. The average Bonchev–Trinajstić information content (AvgIpc) is 2.90. The topological polar surface area (TPSA) is 73.0 Å². The van der Waals surface area contributed by atoms with Crippen LogP contribution in [-0.4, -0.2) is 78.2 Å². The van der Waals surface area contributed by atoms with Crippen LogP contribution in [0.1, 0.15) is 47.6 Å². The van der Waals surface area contributed by atoms with Gasteiger partial charge in [0.05, 0.1) is 19.0 Å². The third-order valence-corrected chi connectivity index (χ3v) is 6.71. The Morgan fingerprint density at radius 3 is 1.94 bits per heavy atom. The van der Waals surface area contributed by atoms with Crippen LogP contribution < -0.4 is 5.32 Å². The normalized spacial score (nSPS) is 17.8. The quantitative estimate of drug-likeness (QED) is 0.687. The lowest BCUT2D eigenvalue weighted by Crippen LogP contribution is -2.52. The summed E-state index contributed by atoms with van der Waals surface area (Å²) in [6.07, 6.45) is 3.60. The van der Waals surface area contributed by atoms with Gasteiger partial charge in [0.25, 0.3) is 5.91 Å². The summed E-state index contributed by atoms with van der Waals surface area (Å²) in [4.78, 5) is 44.5. The zero-order chi connectivity index (χ0) is 23.8. The molecule has 0 aromatic heterocycles. The fourth-order valence-electron chi connectivity index (χ4n) is 4.66. The Balaban J connectivity index is 1.32. The fraction of sp³-hybridized carbons (Fsp3) is 0.444. The molecule has 2 aliphatic heterocycles. The summed E-state index contributed by atoms with van der Waals surface area (Å²) in [6, 6.07) is 18.3. The molecule has 0 saturated carbocycles. The number of carbonyl (C=O) groups excluding carboxylic acids is 3. The second-order valence-electron chi connectivity index (χ2n) is 9.11. The van der Waals surface area contributed by atoms with Crippen molar-refractivity contribution in [1.82, 2.24) is 20.0 Å². The van der Waals surface area contributed by atoms with Crippen LogP contribution in [0.25, 0.3) is 0 Å².